The van der Waals surface area contributed by atoms with Gasteiger partial charge in [0.25, 0.3) is 0 Å². The standard InChI is InChI=1S/C19H21FO3/c1-12-10-14(3)18(11-13(12)2)23-9-8-16(19(21)22)15-6-4-5-7-17(15)20/h4-7,10-11,16H,8-9H2,1-3H3,(H,21,22). The van der Waals surface area contributed by atoms with E-state index in [0.29, 0.717) is 0 Å². The average Bonchev–Trinajstić information content (AvgIpc) is 2.49. The predicted octanol–water partition coefficient (Wildman–Crippen LogP) is 4.39. The SMILES string of the molecule is Cc1cc(C)c(OCCC(C(=O)O)c2ccccc2F)cc1C. The van der Waals surface area contributed by atoms with Crippen LogP contribution in [0, 0.1) is 26.6 Å². The van der Waals surface area contributed by atoms with Gasteiger partial charge in [-0.25, -0.2) is 4.39 Å². The van der Waals surface area contributed by atoms with Crippen molar-refractivity contribution >= 4 is 5.97 Å². The third-order valence-electron chi connectivity index (χ3n) is 4.03. The van der Waals surface area contributed by atoms with Crippen molar-refractivity contribution in [1.29, 1.82) is 0 Å². The molecule has 0 saturated heterocycles. The fourth-order valence-electron chi connectivity index (χ4n) is 2.55. The number of hydrogen-bond donors (Lipinski definition) is 1. The Labute approximate surface area is 135 Å². The highest BCUT2D eigenvalue weighted by molar-refractivity contribution is 5.76. The van der Waals surface area contributed by atoms with Crippen LogP contribution >= 0.6 is 0 Å². The molecule has 122 valence electrons. The van der Waals surface area contributed by atoms with Crippen molar-refractivity contribution in [1.82, 2.24) is 0 Å². The minimum absolute atomic E-state index is 0.195. The molecule has 2 aromatic carbocycles. The summed E-state index contributed by atoms with van der Waals surface area (Å²) in [4.78, 5) is 11.4. The number of hydrogen-bond acceptors (Lipinski definition) is 2. The molecule has 3 nitrogen and oxygen atoms in total. The zero-order valence-electron chi connectivity index (χ0n) is 13.6. The molecule has 0 spiro atoms. The number of aryl methyl sites for hydroxylation is 3. The molecule has 2 aromatic rings. The maximum Gasteiger partial charge on any atom is 0.311 e. The molecule has 1 atom stereocenters. The maximum atomic E-state index is 13.8. The highest BCUT2D eigenvalue weighted by atomic mass is 19.1. The van der Waals surface area contributed by atoms with Gasteiger partial charge in [-0.15, -0.1) is 0 Å². The second-order valence-corrected chi connectivity index (χ2v) is 5.75. The summed E-state index contributed by atoms with van der Waals surface area (Å²) in [5.41, 5.74) is 3.50. The first kappa shape index (κ1) is 17.0. The number of carboxylic acids is 1. The Morgan fingerprint density at radius 1 is 1.13 bits per heavy atom. The molecule has 0 aromatic heterocycles. The molecule has 0 fully saturated rings. The molecule has 0 radical (unpaired) electrons. The van der Waals surface area contributed by atoms with E-state index in [0.717, 1.165) is 16.9 Å². The smallest absolute Gasteiger partial charge is 0.311 e. The molecule has 1 N–H and O–H groups in total. The first-order chi connectivity index (χ1) is 10.9. The van der Waals surface area contributed by atoms with Gasteiger partial charge in [-0.3, -0.25) is 4.79 Å². The van der Waals surface area contributed by atoms with Crippen molar-refractivity contribution in [3.8, 4) is 5.75 Å². The molecule has 23 heavy (non-hydrogen) atoms. The van der Waals surface area contributed by atoms with E-state index in [-0.39, 0.29) is 18.6 Å². The summed E-state index contributed by atoms with van der Waals surface area (Å²) in [7, 11) is 0. The van der Waals surface area contributed by atoms with Gasteiger partial charge < -0.3 is 9.84 Å². The van der Waals surface area contributed by atoms with Crippen LogP contribution in [-0.4, -0.2) is 17.7 Å². The van der Waals surface area contributed by atoms with Crippen molar-refractivity contribution < 1.29 is 19.0 Å². The van der Waals surface area contributed by atoms with E-state index in [1.54, 1.807) is 12.1 Å². The van der Waals surface area contributed by atoms with Gasteiger partial charge >= 0.3 is 5.97 Å². The first-order valence-corrected chi connectivity index (χ1v) is 7.58. The van der Waals surface area contributed by atoms with E-state index >= 15 is 0 Å². The van der Waals surface area contributed by atoms with Gasteiger partial charge in [0.05, 0.1) is 12.5 Å². The molecule has 2 rings (SSSR count). The Morgan fingerprint density at radius 3 is 2.43 bits per heavy atom. The van der Waals surface area contributed by atoms with Crippen molar-refractivity contribution in [2.24, 2.45) is 0 Å². The topological polar surface area (TPSA) is 46.5 Å². The van der Waals surface area contributed by atoms with Crippen LogP contribution in [0.5, 0.6) is 5.75 Å². The zero-order valence-corrected chi connectivity index (χ0v) is 13.6. The van der Waals surface area contributed by atoms with Gasteiger partial charge in [0, 0.05) is 5.56 Å². The third kappa shape index (κ3) is 4.09. The molecule has 4 heteroatoms. The van der Waals surface area contributed by atoms with Crippen LogP contribution < -0.4 is 4.74 Å². The summed E-state index contributed by atoms with van der Waals surface area (Å²) < 4.78 is 19.5. The van der Waals surface area contributed by atoms with E-state index in [4.69, 9.17) is 4.74 Å². The number of carbonyl (C=O) groups is 1. The number of rotatable bonds is 6. The third-order valence-corrected chi connectivity index (χ3v) is 4.03. The second-order valence-electron chi connectivity index (χ2n) is 5.75. The van der Waals surface area contributed by atoms with Gasteiger partial charge in [-0.1, -0.05) is 24.3 Å². The highest BCUT2D eigenvalue weighted by Gasteiger charge is 2.23. The molecule has 0 amide bonds. The minimum atomic E-state index is -1.05. The van der Waals surface area contributed by atoms with Gasteiger partial charge in [0.15, 0.2) is 0 Å². The number of benzene rings is 2. The van der Waals surface area contributed by atoms with Gasteiger partial charge in [-0.2, -0.15) is 0 Å². The van der Waals surface area contributed by atoms with Crippen molar-refractivity contribution in [3.63, 3.8) is 0 Å². The van der Waals surface area contributed by atoms with Crippen LogP contribution in [0.2, 0.25) is 0 Å². The van der Waals surface area contributed by atoms with E-state index in [1.165, 1.54) is 17.7 Å². The lowest BCUT2D eigenvalue weighted by Crippen LogP contribution is -2.16. The molecular weight excluding hydrogens is 295 g/mol. The molecule has 0 aliphatic heterocycles. The number of halogens is 1. The lowest BCUT2D eigenvalue weighted by atomic mass is 9.96. The van der Waals surface area contributed by atoms with Crippen LogP contribution in [0.4, 0.5) is 4.39 Å². The molecule has 0 aliphatic rings. The highest BCUT2D eigenvalue weighted by Crippen LogP contribution is 2.26. The normalized spacial score (nSPS) is 12.0. The first-order valence-electron chi connectivity index (χ1n) is 7.58. The molecule has 0 aliphatic carbocycles. The number of carboxylic acid groups (broad SMARTS) is 1. The van der Waals surface area contributed by atoms with Crippen LogP contribution in [-0.2, 0) is 4.79 Å². The zero-order chi connectivity index (χ0) is 17.0. The van der Waals surface area contributed by atoms with Gasteiger partial charge in [0.1, 0.15) is 11.6 Å². The van der Waals surface area contributed by atoms with Gasteiger partial charge in [-0.05, 0) is 56.0 Å². The maximum absolute atomic E-state index is 13.8. The molecular formula is C19H21FO3. The van der Waals surface area contributed by atoms with Crippen LogP contribution in [0.15, 0.2) is 36.4 Å². The van der Waals surface area contributed by atoms with Gasteiger partial charge in [0.2, 0.25) is 0 Å². The number of aliphatic carboxylic acids is 1. The average molecular weight is 316 g/mol. The lowest BCUT2D eigenvalue weighted by Gasteiger charge is -2.16. The van der Waals surface area contributed by atoms with E-state index in [9.17, 15) is 14.3 Å². The van der Waals surface area contributed by atoms with Crippen LogP contribution in [0.1, 0.15) is 34.6 Å². The molecule has 1 unspecified atom stereocenters. The summed E-state index contributed by atoms with van der Waals surface area (Å²) in [6.45, 7) is 6.20. The molecule has 0 heterocycles. The fourth-order valence-corrected chi connectivity index (χ4v) is 2.55. The second kappa shape index (κ2) is 7.27. The van der Waals surface area contributed by atoms with E-state index in [1.807, 2.05) is 32.9 Å². The van der Waals surface area contributed by atoms with Crippen LogP contribution in [0.3, 0.4) is 0 Å². The largest absolute Gasteiger partial charge is 0.493 e. The minimum Gasteiger partial charge on any atom is -0.493 e. The molecule has 0 saturated carbocycles. The Balaban J connectivity index is 2.08. The fraction of sp³-hybridized carbons (Fsp3) is 0.316. The Hall–Kier alpha value is -2.36. The summed E-state index contributed by atoms with van der Waals surface area (Å²) in [6, 6.07) is 9.96. The lowest BCUT2D eigenvalue weighted by molar-refractivity contribution is -0.139. The Kier molecular flexibility index (Phi) is 5.37. The van der Waals surface area contributed by atoms with E-state index in [2.05, 4.69) is 0 Å². The summed E-state index contributed by atoms with van der Waals surface area (Å²) in [5, 5.41) is 9.36. The van der Waals surface area contributed by atoms with E-state index < -0.39 is 17.7 Å². The monoisotopic (exact) mass is 316 g/mol. The van der Waals surface area contributed by atoms with Crippen molar-refractivity contribution in [2.45, 2.75) is 33.1 Å². The van der Waals surface area contributed by atoms with Crippen LogP contribution in [0.25, 0.3) is 0 Å². The quantitative estimate of drug-likeness (QED) is 0.860. The summed E-state index contributed by atoms with van der Waals surface area (Å²) in [5.74, 6) is -1.72. The number of ether oxygens (including phenoxy) is 1. The van der Waals surface area contributed by atoms with Crippen molar-refractivity contribution in [3.05, 3.63) is 64.5 Å². The summed E-state index contributed by atoms with van der Waals surface area (Å²) >= 11 is 0. The Bertz CT molecular complexity index is 710. The molecule has 0 bridgehead atoms. The predicted molar refractivity (Wildman–Crippen MR) is 87.5 cm³/mol. The summed E-state index contributed by atoms with van der Waals surface area (Å²) in [6.07, 6.45) is 0.211. The Morgan fingerprint density at radius 2 is 1.78 bits per heavy atom. The van der Waals surface area contributed by atoms with Crippen molar-refractivity contribution in [2.75, 3.05) is 6.61 Å².